The van der Waals surface area contributed by atoms with Crippen LogP contribution in [0.2, 0.25) is 0 Å². The Balaban J connectivity index is 1.92. The van der Waals surface area contributed by atoms with Crippen LogP contribution >= 0.6 is 27.3 Å². The molecular weight excluding hydrogens is 560 g/mol. The largest absolute Gasteiger partial charge is 0.497 e. The van der Waals surface area contributed by atoms with Gasteiger partial charge in [0.25, 0.3) is 5.56 Å². The number of carbonyl (C=O) groups is 1. The molecule has 0 saturated heterocycles. The molecule has 4 rings (SSSR count). The van der Waals surface area contributed by atoms with Crippen molar-refractivity contribution < 1.29 is 23.7 Å². The van der Waals surface area contributed by atoms with Gasteiger partial charge in [-0.3, -0.25) is 9.36 Å². The average Bonchev–Trinajstić information content (AvgIpc) is 3.17. The van der Waals surface area contributed by atoms with Crippen LogP contribution in [0.15, 0.2) is 61.9 Å². The highest BCUT2D eigenvalue weighted by atomic mass is 79.9. The van der Waals surface area contributed by atoms with Crippen LogP contribution in [0.4, 0.5) is 0 Å². The third-order valence-electron chi connectivity index (χ3n) is 5.78. The van der Waals surface area contributed by atoms with Crippen molar-refractivity contribution in [2.45, 2.75) is 26.8 Å². The monoisotopic (exact) mass is 586 g/mol. The van der Waals surface area contributed by atoms with Gasteiger partial charge in [-0.2, -0.15) is 0 Å². The fourth-order valence-corrected chi connectivity index (χ4v) is 5.84. The van der Waals surface area contributed by atoms with Crippen molar-refractivity contribution >= 4 is 39.3 Å². The van der Waals surface area contributed by atoms with Crippen molar-refractivity contribution in [3.05, 3.63) is 83.0 Å². The number of esters is 1. The van der Waals surface area contributed by atoms with Crippen LogP contribution in [0.3, 0.4) is 0 Å². The van der Waals surface area contributed by atoms with Gasteiger partial charge in [-0.15, -0.1) is 0 Å². The van der Waals surface area contributed by atoms with Crippen molar-refractivity contribution in [3.63, 3.8) is 0 Å². The zero-order chi connectivity index (χ0) is 26.7. The van der Waals surface area contributed by atoms with Gasteiger partial charge in [-0.1, -0.05) is 23.5 Å². The number of halogens is 1. The lowest BCUT2D eigenvalue weighted by Gasteiger charge is -2.24. The first-order valence-corrected chi connectivity index (χ1v) is 13.3. The molecule has 3 aromatic rings. The summed E-state index contributed by atoms with van der Waals surface area (Å²) in [5.74, 6) is 1.31. The molecule has 0 aliphatic carbocycles. The number of methoxy groups -OCH3 is 2. The molecule has 0 saturated carbocycles. The molecule has 0 bridgehead atoms. The molecule has 1 aliphatic rings. The number of benzene rings is 2. The molecule has 37 heavy (non-hydrogen) atoms. The molecule has 0 N–H and O–H groups in total. The normalized spacial score (nSPS) is 15.2. The number of allylic oxidation sites excluding steroid dienone is 1. The van der Waals surface area contributed by atoms with Crippen LogP contribution in [0, 0.1) is 0 Å². The van der Waals surface area contributed by atoms with Gasteiger partial charge in [-0.05, 0) is 78.2 Å². The number of thiazole rings is 1. The number of rotatable bonds is 8. The number of fused-ring (bicyclic) bond motifs is 1. The van der Waals surface area contributed by atoms with Crippen molar-refractivity contribution in [2.24, 2.45) is 4.99 Å². The summed E-state index contributed by atoms with van der Waals surface area (Å²) in [6.45, 7) is 6.07. The van der Waals surface area contributed by atoms with E-state index in [1.54, 1.807) is 50.8 Å². The Morgan fingerprint density at radius 1 is 1.14 bits per heavy atom. The number of hydrogen-bond acceptors (Lipinski definition) is 8. The molecule has 1 aliphatic heterocycles. The predicted molar refractivity (Wildman–Crippen MR) is 145 cm³/mol. The van der Waals surface area contributed by atoms with E-state index in [1.807, 2.05) is 31.2 Å². The second-order valence-corrected chi connectivity index (χ2v) is 9.91. The summed E-state index contributed by atoms with van der Waals surface area (Å²) in [6, 6.07) is 10.3. The maximum atomic E-state index is 13.8. The van der Waals surface area contributed by atoms with E-state index in [0.29, 0.717) is 48.9 Å². The fraction of sp³-hybridized carbons (Fsp3) is 0.296. The molecule has 0 fully saturated rings. The maximum Gasteiger partial charge on any atom is 0.338 e. The molecule has 2 aromatic carbocycles. The van der Waals surface area contributed by atoms with Gasteiger partial charge >= 0.3 is 5.97 Å². The number of hydrogen-bond donors (Lipinski definition) is 0. The lowest BCUT2D eigenvalue weighted by Crippen LogP contribution is -2.39. The van der Waals surface area contributed by atoms with Gasteiger partial charge in [0.05, 0.1) is 53.8 Å². The van der Waals surface area contributed by atoms with Crippen LogP contribution in [-0.2, 0) is 9.53 Å². The smallest absolute Gasteiger partial charge is 0.338 e. The summed E-state index contributed by atoms with van der Waals surface area (Å²) in [4.78, 5) is 31.9. The maximum absolute atomic E-state index is 13.8. The number of nitrogens with zero attached hydrogens (tertiary/aromatic N) is 2. The standard InChI is InChI=1S/C27H27BrN2O6S/c1-6-35-20-13-16(12-19(28)24(20)34-5)14-21-25(31)30-23(17-8-10-18(33-4)11-9-17)22(26(32)36-7-2)15(3)29-27(30)37-21/h8-14,23H,6-7H2,1-5H3/b21-14-/t23-/m0/s1. The van der Waals surface area contributed by atoms with E-state index in [4.69, 9.17) is 18.9 Å². The number of carbonyl (C=O) groups excluding carboxylic acids is 1. The molecule has 194 valence electrons. The highest BCUT2D eigenvalue weighted by Gasteiger charge is 2.33. The van der Waals surface area contributed by atoms with Crippen molar-refractivity contribution in [1.82, 2.24) is 4.57 Å². The van der Waals surface area contributed by atoms with Gasteiger partial charge in [0, 0.05) is 0 Å². The van der Waals surface area contributed by atoms with Gasteiger partial charge in [-0.25, -0.2) is 9.79 Å². The molecule has 0 spiro atoms. The highest BCUT2D eigenvalue weighted by molar-refractivity contribution is 9.10. The van der Waals surface area contributed by atoms with Crippen LogP contribution in [0.5, 0.6) is 17.2 Å². The van der Waals surface area contributed by atoms with E-state index in [2.05, 4.69) is 20.9 Å². The second kappa shape index (κ2) is 11.4. The summed E-state index contributed by atoms with van der Waals surface area (Å²) in [5.41, 5.74) is 2.08. The first-order chi connectivity index (χ1) is 17.8. The topological polar surface area (TPSA) is 88.4 Å². The summed E-state index contributed by atoms with van der Waals surface area (Å²) < 4.78 is 24.5. The molecule has 0 unspecified atom stereocenters. The van der Waals surface area contributed by atoms with Gasteiger partial charge < -0.3 is 18.9 Å². The molecule has 1 aromatic heterocycles. The van der Waals surface area contributed by atoms with E-state index in [1.165, 1.54) is 11.3 Å². The first kappa shape index (κ1) is 26.7. The summed E-state index contributed by atoms with van der Waals surface area (Å²) in [6.07, 6.45) is 1.78. The van der Waals surface area contributed by atoms with Gasteiger partial charge in [0.1, 0.15) is 5.75 Å². The Labute approximate surface area is 226 Å². The Kier molecular flexibility index (Phi) is 8.19. The third-order valence-corrected chi connectivity index (χ3v) is 7.35. The summed E-state index contributed by atoms with van der Waals surface area (Å²) in [5, 5.41) is 0. The van der Waals surface area contributed by atoms with E-state index in [9.17, 15) is 9.59 Å². The minimum absolute atomic E-state index is 0.212. The van der Waals surface area contributed by atoms with Crippen LogP contribution in [-0.4, -0.2) is 38.0 Å². The molecule has 8 nitrogen and oxygen atoms in total. The second-order valence-electron chi connectivity index (χ2n) is 8.04. The third kappa shape index (κ3) is 5.21. The predicted octanol–water partition coefficient (Wildman–Crippen LogP) is 3.98. The van der Waals surface area contributed by atoms with Crippen molar-refractivity contribution in [1.29, 1.82) is 0 Å². The molecular formula is C27H27BrN2O6S. The van der Waals surface area contributed by atoms with E-state index >= 15 is 0 Å². The van der Waals surface area contributed by atoms with E-state index < -0.39 is 12.0 Å². The number of ether oxygens (including phenoxy) is 4. The van der Waals surface area contributed by atoms with Gasteiger partial charge in [0.2, 0.25) is 0 Å². The van der Waals surface area contributed by atoms with Crippen LogP contribution in [0.1, 0.15) is 37.9 Å². The summed E-state index contributed by atoms with van der Waals surface area (Å²) >= 11 is 4.78. The SMILES string of the molecule is CCOC(=O)C1=C(C)N=c2s/c(=C\c3cc(Br)c(OC)c(OCC)c3)c(=O)n2[C@H]1c1ccc(OC)cc1. The van der Waals surface area contributed by atoms with E-state index in [-0.39, 0.29) is 12.2 Å². The molecule has 2 heterocycles. The minimum Gasteiger partial charge on any atom is -0.497 e. The molecule has 1 atom stereocenters. The fourth-order valence-electron chi connectivity index (χ4n) is 4.18. The van der Waals surface area contributed by atoms with Crippen molar-refractivity contribution in [3.8, 4) is 17.2 Å². The average molecular weight is 587 g/mol. The van der Waals surface area contributed by atoms with Gasteiger partial charge in [0.15, 0.2) is 16.3 Å². The Hall–Kier alpha value is -3.37. The highest BCUT2D eigenvalue weighted by Crippen LogP contribution is 2.37. The Bertz CT molecular complexity index is 1540. The van der Waals surface area contributed by atoms with E-state index in [0.717, 1.165) is 11.1 Å². The van der Waals surface area contributed by atoms with Crippen molar-refractivity contribution in [2.75, 3.05) is 27.4 Å². The minimum atomic E-state index is -0.690. The zero-order valence-corrected chi connectivity index (χ0v) is 23.6. The van der Waals surface area contributed by atoms with Crippen LogP contribution in [0.25, 0.3) is 6.08 Å². The lowest BCUT2D eigenvalue weighted by atomic mass is 9.96. The first-order valence-electron chi connectivity index (χ1n) is 11.7. The molecule has 0 radical (unpaired) electrons. The molecule has 0 amide bonds. The summed E-state index contributed by atoms with van der Waals surface area (Å²) in [7, 11) is 3.16. The molecule has 10 heteroatoms. The Morgan fingerprint density at radius 2 is 1.86 bits per heavy atom. The van der Waals surface area contributed by atoms with Crippen LogP contribution < -0.4 is 29.1 Å². The quantitative estimate of drug-likeness (QED) is 0.371. The number of aromatic nitrogens is 1. The zero-order valence-electron chi connectivity index (χ0n) is 21.2. The lowest BCUT2D eigenvalue weighted by molar-refractivity contribution is -0.139. The Morgan fingerprint density at radius 3 is 2.49 bits per heavy atom.